The number of aromatic amines is 1. The molecule has 134 valence electrons. The van der Waals surface area contributed by atoms with Gasteiger partial charge in [-0.1, -0.05) is 0 Å². The molecule has 1 aromatic heterocycles. The zero-order valence-corrected chi connectivity index (χ0v) is 17.0. The summed E-state index contributed by atoms with van der Waals surface area (Å²) in [4.78, 5) is 22.9. The topological polar surface area (TPSA) is 58.2 Å². The second-order valence-electron chi connectivity index (χ2n) is 8.27. The molecule has 2 fully saturated rings. The second-order valence-corrected chi connectivity index (χ2v) is 9.51. The number of aromatic nitrogens is 2. The predicted octanol–water partition coefficient (Wildman–Crippen LogP) is 4.88. The first-order valence-electron chi connectivity index (χ1n) is 8.95. The van der Waals surface area contributed by atoms with Gasteiger partial charge in [-0.05, 0) is 92.7 Å². The van der Waals surface area contributed by atoms with Gasteiger partial charge < -0.3 is 9.72 Å². The number of rotatable bonds is 2. The Kier molecular flexibility index (Phi) is 4.21. The maximum atomic E-state index is 12.8. The van der Waals surface area contributed by atoms with Gasteiger partial charge in [-0.2, -0.15) is 0 Å². The van der Waals surface area contributed by atoms with Crippen molar-refractivity contribution in [2.75, 3.05) is 6.54 Å². The molecular weight excluding hydrogens is 429 g/mol. The number of carbonyl (C=O) groups excluding carboxylic acids is 1. The molecule has 1 aromatic carbocycles. The molecule has 4 rings (SSSR count). The van der Waals surface area contributed by atoms with Gasteiger partial charge in [0.2, 0.25) is 0 Å². The molecule has 2 aromatic rings. The Labute approximate surface area is 161 Å². The van der Waals surface area contributed by atoms with Crippen LogP contribution in [0.2, 0.25) is 0 Å². The van der Waals surface area contributed by atoms with Crippen LogP contribution < -0.4 is 0 Å². The van der Waals surface area contributed by atoms with Gasteiger partial charge in [-0.25, -0.2) is 9.78 Å². The van der Waals surface area contributed by atoms with Crippen LogP contribution in [-0.2, 0) is 4.74 Å². The first-order chi connectivity index (χ1) is 11.8. The highest BCUT2D eigenvalue weighted by Crippen LogP contribution is 2.47. The third kappa shape index (κ3) is 3.64. The average molecular weight is 453 g/mol. The van der Waals surface area contributed by atoms with Crippen molar-refractivity contribution >= 4 is 39.7 Å². The fourth-order valence-corrected chi connectivity index (χ4v) is 4.21. The Morgan fingerprint density at radius 3 is 2.76 bits per heavy atom. The number of imidazole rings is 1. The lowest BCUT2D eigenvalue weighted by Crippen LogP contribution is -2.37. The van der Waals surface area contributed by atoms with E-state index in [9.17, 15) is 4.79 Å². The zero-order valence-electron chi connectivity index (χ0n) is 14.9. The predicted molar refractivity (Wildman–Crippen MR) is 105 cm³/mol. The number of nitrogens with one attached hydrogen (secondary N) is 1. The number of hydrogen-bond donors (Lipinski definition) is 1. The van der Waals surface area contributed by atoms with E-state index in [1.807, 2.05) is 31.7 Å². The number of nitrogens with zero attached hydrogens (tertiary/aromatic N) is 2. The van der Waals surface area contributed by atoms with Crippen molar-refractivity contribution in [1.29, 1.82) is 0 Å². The molecule has 1 amide bonds. The summed E-state index contributed by atoms with van der Waals surface area (Å²) in [5.74, 6) is 2.21. The molecule has 5 nitrogen and oxygen atoms in total. The van der Waals surface area contributed by atoms with Gasteiger partial charge in [0, 0.05) is 10.1 Å². The first kappa shape index (κ1) is 17.1. The number of ether oxygens (including phenoxy) is 1. The van der Waals surface area contributed by atoms with E-state index in [0.717, 1.165) is 35.7 Å². The Bertz CT molecular complexity index is 807. The maximum absolute atomic E-state index is 12.8. The van der Waals surface area contributed by atoms with Crippen LogP contribution >= 0.6 is 22.6 Å². The molecule has 0 unspecified atom stereocenters. The molecule has 0 radical (unpaired) electrons. The van der Waals surface area contributed by atoms with E-state index in [4.69, 9.17) is 9.72 Å². The summed E-state index contributed by atoms with van der Waals surface area (Å²) in [5.41, 5.74) is 1.50. The second kappa shape index (κ2) is 6.14. The van der Waals surface area contributed by atoms with Crippen molar-refractivity contribution in [3.05, 3.63) is 27.6 Å². The number of halogens is 1. The molecule has 0 bridgehead atoms. The fraction of sp³-hybridized carbons (Fsp3) is 0.579. The molecule has 1 aliphatic heterocycles. The Morgan fingerprint density at radius 1 is 1.32 bits per heavy atom. The maximum Gasteiger partial charge on any atom is 0.410 e. The number of benzene rings is 1. The van der Waals surface area contributed by atoms with Crippen LogP contribution in [0, 0.1) is 15.4 Å². The van der Waals surface area contributed by atoms with E-state index in [1.54, 1.807) is 0 Å². The summed E-state index contributed by atoms with van der Waals surface area (Å²) in [5, 5.41) is 0. The normalized spacial score (nSPS) is 24.1. The summed E-state index contributed by atoms with van der Waals surface area (Å²) >= 11 is 2.30. The minimum Gasteiger partial charge on any atom is -0.444 e. The summed E-state index contributed by atoms with van der Waals surface area (Å²) in [7, 11) is 0. The number of carbonyl (C=O) groups is 1. The Morgan fingerprint density at radius 2 is 2.08 bits per heavy atom. The van der Waals surface area contributed by atoms with Crippen molar-refractivity contribution in [3.63, 3.8) is 0 Å². The number of H-pyrrole nitrogens is 1. The van der Waals surface area contributed by atoms with Crippen LogP contribution in [0.3, 0.4) is 0 Å². The molecule has 2 aliphatic rings. The van der Waals surface area contributed by atoms with Crippen LogP contribution in [0.1, 0.15) is 51.9 Å². The highest BCUT2D eigenvalue weighted by Gasteiger charge is 2.45. The third-order valence-electron chi connectivity index (χ3n) is 5.03. The number of hydrogen-bond acceptors (Lipinski definition) is 3. The molecular formula is C19H24IN3O2. The van der Waals surface area contributed by atoms with Crippen LogP contribution in [0.15, 0.2) is 18.2 Å². The molecule has 2 heterocycles. The fourth-order valence-electron chi connectivity index (χ4n) is 3.72. The van der Waals surface area contributed by atoms with Gasteiger partial charge in [0.05, 0.1) is 17.1 Å². The largest absolute Gasteiger partial charge is 0.444 e. The lowest BCUT2D eigenvalue weighted by atomic mass is 10.0. The summed E-state index contributed by atoms with van der Waals surface area (Å²) in [6.45, 7) is 6.52. The third-order valence-corrected chi connectivity index (χ3v) is 5.70. The van der Waals surface area contributed by atoms with E-state index >= 15 is 0 Å². The summed E-state index contributed by atoms with van der Waals surface area (Å²) in [6, 6.07) is 6.16. The van der Waals surface area contributed by atoms with Crippen molar-refractivity contribution in [2.24, 2.45) is 11.8 Å². The van der Waals surface area contributed by atoms with Crippen LogP contribution in [-0.4, -0.2) is 33.1 Å². The van der Waals surface area contributed by atoms with Gasteiger partial charge in [0.25, 0.3) is 0 Å². The van der Waals surface area contributed by atoms with Crippen molar-refractivity contribution in [3.8, 4) is 0 Å². The van der Waals surface area contributed by atoms with E-state index in [1.165, 1.54) is 16.4 Å². The summed E-state index contributed by atoms with van der Waals surface area (Å²) < 4.78 is 6.83. The smallest absolute Gasteiger partial charge is 0.410 e. The van der Waals surface area contributed by atoms with Crippen molar-refractivity contribution in [1.82, 2.24) is 14.9 Å². The number of amides is 1. The molecule has 1 N–H and O–H groups in total. The highest BCUT2D eigenvalue weighted by molar-refractivity contribution is 14.1. The zero-order chi connectivity index (χ0) is 17.8. The number of likely N-dealkylation sites (tertiary alicyclic amines) is 1. The molecule has 1 aliphatic carbocycles. The minimum atomic E-state index is -0.483. The lowest BCUT2D eigenvalue weighted by molar-refractivity contribution is 0.0213. The molecule has 0 spiro atoms. The van der Waals surface area contributed by atoms with Crippen molar-refractivity contribution < 1.29 is 9.53 Å². The molecule has 25 heavy (non-hydrogen) atoms. The van der Waals surface area contributed by atoms with Gasteiger partial charge >= 0.3 is 6.09 Å². The van der Waals surface area contributed by atoms with Gasteiger partial charge in [0.15, 0.2) is 0 Å². The SMILES string of the molecule is CC(C)(C)OC(=O)N1C[C@@H](C2CC2)C[C@H]1c1nc2ccc(I)cc2[nH]1. The van der Waals surface area contributed by atoms with E-state index in [0.29, 0.717) is 5.92 Å². The number of fused-ring (bicyclic) bond motifs is 1. The Hall–Kier alpha value is -1.31. The standard InChI is InChI=1S/C19H24IN3O2/c1-19(2,3)25-18(24)23-10-12(11-4-5-11)8-16(23)17-21-14-7-6-13(20)9-15(14)22-17/h6-7,9,11-12,16H,4-5,8,10H2,1-3H3,(H,21,22)/t12-,16-/m0/s1. The summed E-state index contributed by atoms with van der Waals surface area (Å²) in [6.07, 6.45) is 3.33. The molecule has 1 saturated carbocycles. The van der Waals surface area contributed by atoms with Crippen LogP contribution in [0.5, 0.6) is 0 Å². The van der Waals surface area contributed by atoms with Crippen LogP contribution in [0.25, 0.3) is 11.0 Å². The molecule has 6 heteroatoms. The van der Waals surface area contributed by atoms with E-state index in [2.05, 4.69) is 39.7 Å². The van der Waals surface area contributed by atoms with Crippen LogP contribution in [0.4, 0.5) is 4.79 Å². The molecule has 1 saturated heterocycles. The quantitative estimate of drug-likeness (QED) is 0.660. The van der Waals surface area contributed by atoms with Gasteiger partial charge in [0.1, 0.15) is 11.4 Å². The Balaban J connectivity index is 1.64. The monoisotopic (exact) mass is 453 g/mol. The van der Waals surface area contributed by atoms with Gasteiger partial charge in [-0.15, -0.1) is 0 Å². The van der Waals surface area contributed by atoms with E-state index in [-0.39, 0.29) is 12.1 Å². The van der Waals surface area contributed by atoms with Crippen molar-refractivity contribution in [2.45, 2.75) is 51.7 Å². The average Bonchev–Trinajstić information content (AvgIpc) is 3.12. The van der Waals surface area contributed by atoms with E-state index < -0.39 is 5.60 Å². The minimum absolute atomic E-state index is 0.0227. The highest BCUT2D eigenvalue weighted by atomic mass is 127. The van der Waals surface area contributed by atoms with Gasteiger partial charge in [-0.3, -0.25) is 4.90 Å². The first-order valence-corrected chi connectivity index (χ1v) is 10.0. The lowest BCUT2D eigenvalue weighted by Gasteiger charge is -2.27. The molecule has 2 atom stereocenters.